The molecule has 8 heteroatoms. The van der Waals surface area contributed by atoms with E-state index < -0.39 is 0 Å². The van der Waals surface area contributed by atoms with E-state index in [2.05, 4.69) is 44.5 Å². The molecular formula is C20H24N6O2. The Labute approximate surface area is 163 Å². The van der Waals surface area contributed by atoms with E-state index in [0.717, 1.165) is 50.2 Å². The zero-order chi connectivity index (χ0) is 19.1. The lowest BCUT2D eigenvalue weighted by Crippen LogP contribution is -2.38. The molecule has 2 aliphatic rings. The van der Waals surface area contributed by atoms with Crippen LogP contribution in [-0.2, 0) is 11.2 Å². The van der Waals surface area contributed by atoms with Crippen LogP contribution >= 0.6 is 0 Å². The number of nitrogens with zero attached hydrogens (tertiary/aromatic N) is 5. The normalized spacial score (nSPS) is 22.1. The number of likely N-dealkylation sites (tertiary alicyclic amines) is 2. The number of ether oxygens (including phenoxy) is 1. The molecule has 5 rings (SSSR count). The number of aromatic nitrogens is 4. The summed E-state index contributed by atoms with van der Waals surface area (Å²) >= 11 is 0. The van der Waals surface area contributed by atoms with Gasteiger partial charge in [-0.15, -0.1) is 10.2 Å². The lowest BCUT2D eigenvalue weighted by molar-refractivity contribution is 0.126. The van der Waals surface area contributed by atoms with Crippen molar-refractivity contribution in [1.29, 1.82) is 0 Å². The van der Waals surface area contributed by atoms with Crippen LogP contribution in [0, 0.1) is 5.92 Å². The Morgan fingerprint density at radius 1 is 1.29 bits per heavy atom. The Balaban J connectivity index is 1.30. The third-order valence-corrected chi connectivity index (χ3v) is 6.23. The molecule has 3 aromatic rings. The number of carbonyl (C=O) groups excluding carboxylic acids is 1. The van der Waals surface area contributed by atoms with Crippen molar-refractivity contribution >= 4 is 17.0 Å². The standard InChI is InChI=1S/C20H24N6O2/c1-28-20(27)25-10-15-5-7-24(19(15)11-25)6-4-14-9-21-18-3-2-16(8-17(14)18)26-12-22-23-13-26/h2-3,8-9,12-13,15,19,21H,4-7,10-11H2,1H3/t15-,19+/m1/s1. The van der Waals surface area contributed by atoms with Gasteiger partial charge >= 0.3 is 6.09 Å². The molecular weight excluding hydrogens is 356 g/mol. The van der Waals surface area contributed by atoms with E-state index in [4.69, 9.17) is 4.74 Å². The molecule has 146 valence electrons. The van der Waals surface area contributed by atoms with E-state index in [0.29, 0.717) is 12.0 Å². The van der Waals surface area contributed by atoms with Gasteiger partial charge in [-0.25, -0.2) is 4.79 Å². The summed E-state index contributed by atoms with van der Waals surface area (Å²) in [6.45, 7) is 3.71. The number of methoxy groups -OCH3 is 1. The summed E-state index contributed by atoms with van der Waals surface area (Å²) < 4.78 is 6.81. The molecule has 2 atom stereocenters. The minimum Gasteiger partial charge on any atom is -0.453 e. The first kappa shape index (κ1) is 17.2. The number of fused-ring (bicyclic) bond motifs is 2. The molecule has 1 N–H and O–H groups in total. The Morgan fingerprint density at radius 3 is 2.96 bits per heavy atom. The molecule has 0 radical (unpaired) electrons. The number of rotatable bonds is 4. The molecule has 0 spiro atoms. The van der Waals surface area contributed by atoms with Crippen molar-refractivity contribution < 1.29 is 9.53 Å². The molecule has 0 saturated carbocycles. The minimum atomic E-state index is -0.201. The van der Waals surface area contributed by atoms with E-state index in [1.165, 1.54) is 18.1 Å². The van der Waals surface area contributed by atoms with Gasteiger partial charge in [0.25, 0.3) is 0 Å². The lowest BCUT2D eigenvalue weighted by atomic mass is 10.0. The van der Waals surface area contributed by atoms with Gasteiger partial charge in [-0.1, -0.05) is 0 Å². The van der Waals surface area contributed by atoms with Crippen LogP contribution in [0.1, 0.15) is 12.0 Å². The third kappa shape index (κ3) is 2.93. The van der Waals surface area contributed by atoms with Gasteiger partial charge in [-0.05, 0) is 49.1 Å². The van der Waals surface area contributed by atoms with Crippen LogP contribution < -0.4 is 0 Å². The van der Waals surface area contributed by atoms with Gasteiger partial charge in [0, 0.05) is 48.5 Å². The van der Waals surface area contributed by atoms with Gasteiger partial charge < -0.3 is 14.6 Å². The average Bonchev–Trinajstić information content (AvgIpc) is 3.49. The van der Waals surface area contributed by atoms with Crippen molar-refractivity contribution in [3.63, 3.8) is 0 Å². The Bertz CT molecular complexity index is 982. The highest BCUT2D eigenvalue weighted by Gasteiger charge is 2.42. The minimum absolute atomic E-state index is 0.201. The molecule has 1 amide bonds. The smallest absolute Gasteiger partial charge is 0.409 e. The molecule has 0 unspecified atom stereocenters. The molecule has 0 bridgehead atoms. The molecule has 2 aromatic heterocycles. The zero-order valence-corrected chi connectivity index (χ0v) is 15.9. The highest BCUT2D eigenvalue weighted by atomic mass is 16.5. The number of carbonyl (C=O) groups is 1. The highest BCUT2D eigenvalue weighted by molar-refractivity contribution is 5.85. The van der Waals surface area contributed by atoms with Gasteiger partial charge in [0.1, 0.15) is 12.7 Å². The van der Waals surface area contributed by atoms with Crippen LogP contribution in [0.2, 0.25) is 0 Å². The summed E-state index contributed by atoms with van der Waals surface area (Å²) in [5.41, 5.74) is 3.52. The maximum absolute atomic E-state index is 11.8. The molecule has 2 saturated heterocycles. The summed E-state index contributed by atoms with van der Waals surface area (Å²) in [6, 6.07) is 6.81. The van der Waals surface area contributed by atoms with Crippen molar-refractivity contribution in [2.24, 2.45) is 5.92 Å². The average molecular weight is 380 g/mol. The number of aromatic amines is 1. The fourth-order valence-electron chi connectivity index (χ4n) is 4.74. The number of amides is 1. The van der Waals surface area contributed by atoms with Crippen LogP contribution in [0.3, 0.4) is 0 Å². The van der Waals surface area contributed by atoms with Crippen molar-refractivity contribution in [2.45, 2.75) is 18.9 Å². The predicted octanol–water partition coefficient (Wildman–Crippen LogP) is 2.06. The number of hydrogen-bond acceptors (Lipinski definition) is 5. The van der Waals surface area contributed by atoms with Gasteiger partial charge in [0.05, 0.1) is 7.11 Å². The van der Waals surface area contributed by atoms with Crippen LogP contribution in [-0.4, -0.2) is 75.0 Å². The van der Waals surface area contributed by atoms with Crippen molar-refractivity contribution in [3.8, 4) is 5.69 Å². The topological polar surface area (TPSA) is 79.3 Å². The van der Waals surface area contributed by atoms with E-state index in [1.807, 2.05) is 9.47 Å². The van der Waals surface area contributed by atoms with E-state index >= 15 is 0 Å². The van der Waals surface area contributed by atoms with Crippen LogP contribution in [0.25, 0.3) is 16.6 Å². The van der Waals surface area contributed by atoms with Gasteiger partial charge in [0.2, 0.25) is 0 Å². The Hall–Kier alpha value is -2.87. The van der Waals surface area contributed by atoms with Crippen molar-refractivity contribution in [2.75, 3.05) is 33.3 Å². The first-order valence-corrected chi connectivity index (χ1v) is 9.75. The second kappa shape index (κ2) is 6.94. The van der Waals surface area contributed by atoms with Gasteiger partial charge in [-0.3, -0.25) is 9.47 Å². The molecule has 4 heterocycles. The molecule has 2 fully saturated rings. The summed E-state index contributed by atoms with van der Waals surface area (Å²) in [5, 5.41) is 9.03. The fourth-order valence-corrected chi connectivity index (χ4v) is 4.74. The third-order valence-electron chi connectivity index (χ3n) is 6.23. The summed E-state index contributed by atoms with van der Waals surface area (Å²) in [6.07, 6.45) is 7.48. The van der Waals surface area contributed by atoms with E-state index in [1.54, 1.807) is 12.7 Å². The molecule has 2 aliphatic heterocycles. The molecule has 28 heavy (non-hydrogen) atoms. The molecule has 8 nitrogen and oxygen atoms in total. The van der Waals surface area contributed by atoms with Crippen molar-refractivity contribution in [3.05, 3.63) is 42.6 Å². The SMILES string of the molecule is COC(=O)N1C[C@H]2CCN(CCc3c[nH]c4ccc(-n5cnnc5)cc34)[C@H]2C1. The van der Waals surface area contributed by atoms with Gasteiger partial charge in [0.15, 0.2) is 0 Å². The van der Waals surface area contributed by atoms with Gasteiger partial charge in [-0.2, -0.15) is 0 Å². The zero-order valence-electron chi connectivity index (χ0n) is 15.9. The summed E-state index contributed by atoms with van der Waals surface area (Å²) in [7, 11) is 1.46. The molecule has 0 aliphatic carbocycles. The second-order valence-electron chi connectivity index (χ2n) is 7.69. The van der Waals surface area contributed by atoms with Crippen LogP contribution in [0.15, 0.2) is 37.1 Å². The van der Waals surface area contributed by atoms with E-state index in [9.17, 15) is 4.79 Å². The summed E-state index contributed by atoms with van der Waals surface area (Å²) in [4.78, 5) is 19.6. The maximum atomic E-state index is 11.8. The second-order valence-corrected chi connectivity index (χ2v) is 7.69. The number of hydrogen-bond donors (Lipinski definition) is 1. The number of benzene rings is 1. The quantitative estimate of drug-likeness (QED) is 0.750. The van der Waals surface area contributed by atoms with E-state index in [-0.39, 0.29) is 6.09 Å². The Kier molecular flexibility index (Phi) is 4.27. The fraction of sp³-hybridized carbons (Fsp3) is 0.450. The lowest BCUT2D eigenvalue weighted by Gasteiger charge is -2.24. The number of nitrogens with one attached hydrogen (secondary N) is 1. The molecule has 1 aromatic carbocycles. The van der Waals surface area contributed by atoms with Crippen molar-refractivity contribution in [1.82, 2.24) is 29.5 Å². The summed E-state index contributed by atoms with van der Waals surface area (Å²) in [5.74, 6) is 0.572. The maximum Gasteiger partial charge on any atom is 0.409 e. The largest absolute Gasteiger partial charge is 0.453 e. The highest BCUT2D eigenvalue weighted by Crippen LogP contribution is 2.32. The van der Waals surface area contributed by atoms with Crippen LogP contribution in [0.4, 0.5) is 4.79 Å². The Morgan fingerprint density at radius 2 is 2.14 bits per heavy atom. The first-order chi connectivity index (χ1) is 13.7. The number of H-pyrrole nitrogens is 1. The predicted molar refractivity (Wildman–Crippen MR) is 104 cm³/mol. The van der Waals surface area contributed by atoms with Crippen LogP contribution in [0.5, 0.6) is 0 Å². The first-order valence-electron chi connectivity index (χ1n) is 9.75. The monoisotopic (exact) mass is 380 g/mol.